The van der Waals surface area contributed by atoms with Crippen LogP contribution in [0.5, 0.6) is 0 Å². The fraction of sp³-hybridized carbons (Fsp3) is 0.600. The molecule has 0 fully saturated rings. The second-order valence-corrected chi connectivity index (χ2v) is 4.44. The van der Waals surface area contributed by atoms with Gasteiger partial charge in [-0.05, 0) is 25.5 Å². The van der Waals surface area contributed by atoms with Gasteiger partial charge in [-0.2, -0.15) is 0 Å². The molecule has 1 aromatic carbocycles. The van der Waals surface area contributed by atoms with Crippen LogP contribution in [0.4, 0.5) is 0 Å². The van der Waals surface area contributed by atoms with Crippen LogP contribution in [-0.2, 0) is 9.47 Å². The second kappa shape index (κ2) is 9.09. The number of hydrogen-bond acceptors (Lipinski definition) is 3. The van der Waals surface area contributed by atoms with Gasteiger partial charge in [0.2, 0.25) is 0 Å². The Kier molecular flexibility index (Phi) is 7.65. The Morgan fingerprint density at radius 3 is 2.50 bits per heavy atom. The van der Waals surface area contributed by atoms with E-state index in [2.05, 4.69) is 43.4 Å². The molecule has 0 amide bonds. The maximum absolute atomic E-state index is 5.69. The Morgan fingerprint density at radius 1 is 1.17 bits per heavy atom. The molecule has 1 aromatic rings. The van der Waals surface area contributed by atoms with Gasteiger partial charge in [-0.25, -0.2) is 0 Å². The molecule has 0 aliphatic heterocycles. The van der Waals surface area contributed by atoms with Crippen molar-refractivity contribution in [1.82, 2.24) is 5.32 Å². The van der Waals surface area contributed by atoms with Crippen LogP contribution in [0, 0.1) is 6.92 Å². The van der Waals surface area contributed by atoms with Crippen LogP contribution in [0.15, 0.2) is 24.3 Å². The molecular weight excluding hydrogens is 226 g/mol. The van der Waals surface area contributed by atoms with Crippen molar-refractivity contribution < 1.29 is 9.47 Å². The van der Waals surface area contributed by atoms with E-state index in [1.807, 2.05) is 0 Å². The van der Waals surface area contributed by atoms with Gasteiger partial charge in [0, 0.05) is 20.3 Å². The molecule has 0 saturated carbocycles. The van der Waals surface area contributed by atoms with E-state index in [0.717, 1.165) is 26.2 Å². The highest BCUT2D eigenvalue weighted by Gasteiger charge is 2.09. The van der Waals surface area contributed by atoms with E-state index in [1.54, 1.807) is 7.11 Å². The third-order valence-corrected chi connectivity index (χ3v) is 2.85. The minimum atomic E-state index is 0.276. The van der Waals surface area contributed by atoms with Crippen LogP contribution in [0.1, 0.15) is 30.5 Å². The third-order valence-electron chi connectivity index (χ3n) is 2.85. The van der Waals surface area contributed by atoms with Crippen molar-refractivity contribution in [3.8, 4) is 0 Å². The molecule has 0 radical (unpaired) electrons. The Balaban J connectivity index is 2.41. The van der Waals surface area contributed by atoms with Crippen LogP contribution < -0.4 is 5.32 Å². The first-order chi connectivity index (χ1) is 8.77. The maximum atomic E-state index is 5.69. The van der Waals surface area contributed by atoms with Gasteiger partial charge in [0.1, 0.15) is 0 Å². The molecule has 3 heteroatoms. The average Bonchev–Trinajstić information content (AvgIpc) is 2.38. The van der Waals surface area contributed by atoms with Crippen molar-refractivity contribution in [3.05, 3.63) is 35.4 Å². The summed E-state index contributed by atoms with van der Waals surface area (Å²) >= 11 is 0. The Morgan fingerprint density at radius 2 is 1.89 bits per heavy atom. The zero-order valence-electron chi connectivity index (χ0n) is 11.7. The van der Waals surface area contributed by atoms with E-state index in [1.165, 1.54) is 11.1 Å². The smallest absolute Gasteiger partial charge is 0.0661 e. The van der Waals surface area contributed by atoms with Crippen molar-refractivity contribution in [2.24, 2.45) is 0 Å². The molecule has 0 bridgehead atoms. The fourth-order valence-corrected chi connectivity index (χ4v) is 1.82. The Hall–Kier alpha value is -0.900. The summed E-state index contributed by atoms with van der Waals surface area (Å²) in [5.74, 6) is 0. The second-order valence-electron chi connectivity index (χ2n) is 4.44. The normalized spacial score (nSPS) is 12.6. The highest BCUT2D eigenvalue weighted by atomic mass is 16.5. The van der Waals surface area contributed by atoms with Crippen LogP contribution >= 0.6 is 0 Å². The number of hydrogen-bond donors (Lipinski definition) is 1. The standard InChI is InChI=1S/C15H25NO2/c1-4-16-15(12-18-11-5-10-17-3)14-8-6-13(2)7-9-14/h6-9,15-16H,4-5,10-12H2,1-3H3. The summed E-state index contributed by atoms with van der Waals surface area (Å²) in [7, 11) is 1.72. The molecule has 0 aliphatic rings. The minimum Gasteiger partial charge on any atom is -0.385 e. The number of likely N-dealkylation sites (N-methyl/N-ethyl adjacent to an activating group) is 1. The molecule has 1 N–H and O–H groups in total. The summed E-state index contributed by atoms with van der Waals surface area (Å²) in [6.07, 6.45) is 0.948. The van der Waals surface area contributed by atoms with Crippen LogP contribution in [0.2, 0.25) is 0 Å². The highest BCUT2D eigenvalue weighted by molar-refractivity contribution is 5.24. The molecule has 1 atom stereocenters. The van der Waals surface area contributed by atoms with Gasteiger partial charge in [0.25, 0.3) is 0 Å². The SMILES string of the molecule is CCNC(COCCCOC)c1ccc(C)cc1. The van der Waals surface area contributed by atoms with E-state index < -0.39 is 0 Å². The number of rotatable bonds is 9. The van der Waals surface area contributed by atoms with Gasteiger partial charge in [-0.3, -0.25) is 0 Å². The lowest BCUT2D eigenvalue weighted by atomic mass is 10.1. The molecule has 0 aliphatic carbocycles. The van der Waals surface area contributed by atoms with Crippen molar-refractivity contribution in [2.75, 3.05) is 33.5 Å². The fourth-order valence-electron chi connectivity index (χ4n) is 1.82. The van der Waals surface area contributed by atoms with Crippen molar-refractivity contribution in [3.63, 3.8) is 0 Å². The van der Waals surface area contributed by atoms with Gasteiger partial charge in [-0.15, -0.1) is 0 Å². The maximum Gasteiger partial charge on any atom is 0.0661 e. The zero-order chi connectivity index (χ0) is 13.2. The van der Waals surface area contributed by atoms with Crippen LogP contribution in [0.25, 0.3) is 0 Å². The summed E-state index contributed by atoms with van der Waals surface area (Å²) in [5.41, 5.74) is 2.57. The van der Waals surface area contributed by atoms with Crippen molar-refractivity contribution in [2.45, 2.75) is 26.3 Å². The number of aryl methyl sites for hydroxylation is 1. The van der Waals surface area contributed by atoms with E-state index in [0.29, 0.717) is 6.61 Å². The van der Waals surface area contributed by atoms with Gasteiger partial charge >= 0.3 is 0 Å². The number of ether oxygens (including phenoxy) is 2. The predicted molar refractivity (Wildman–Crippen MR) is 74.9 cm³/mol. The molecule has 3 nitrogen and oxygen atoms in total. The van der Waals surface area contributed by atoms with E-state index in [-0.39, 0.29) is 6.04 Å². The van der Waals surface area contributed by atoms with Crippen molar-refractivity contribution >= 4 is 0 Å². The largest absolute Gasteiger partial charge is 0.385 e. The molecule has 0 aromatic heterocycles. The molecule has 18 heavy (non-hydrogen) atoms. The molecule has 0 saturated heterocycles. The minimum absolute atomic E-state index is 0.276. The van der Waals surface area contributed by atoms with E-state index in [4.69, 9.17) is 9.47 Å². The molecule has 1 unspecified atom stereocenters. The topological polar surface area (TPSA) is 30.5 Å². The van der Waals surface area contributed by atoms with Gasteiger partial charge in [0.05, 0.1) is 12.6 Å². The first-order valence-electron chi connectivity index (χ1n) is 6.64. The monoisotopic (exact) mass is 251 g/mol. The van der Waals surface area contributed by atoms with E-state index >= 15 is 0 Å². The number of benzene rings is 1. The Bertz CT molecular complexity index is 311. The quantitative estimate of drug-likeness (QED) is 0.685. The van der Waals surface area contributed by atoms with Crippen LogP contribution in [-0.4, -0.2) is 33.5 Å². The number of nitrogens with one attached hydrogen (secondary N) is 1. The molecule has 1 rings (SSSR count). The molecule has 102 valence electrons. The lowest BCUT2D eigenvalue weighted by Gasteiger charge is -2.18. The first kappa shape index (κ1) is 15.2. The van der Waals surface area contributed by atoms with Crippen LogP contribution in [0.3, 0.4) is 0 Å². The molecular formula is C15H25NO2. The van der Waals surface area contributed by atoms with Gasteiger partial charge in [0.15, 0.2) is 0 Å². The Labute approximate surface area is 110 Å². The van der Waals surface area contributed by atoms with Gasteiger partial charge in [-0.1, -0.05) is 36.8 Å². The lowest BCUT2D eigenvalue weighted by Crippen LogP contribution is -2.25. The predicted octanol–water partition coefficient (Wildman–Crippen LogP) is 2.70. The van der Waals surface area contributed by atoms with Gasteiger partial charge < -0.3 is 14.8 Å². The highest BCUT2D eigenvalue weighted by Crippen LogP contribution is 2.14. The third kappa shape index (κ3) is 5.63. The summed E-state index contributed by atoms with van der Waals surface area (Å²) in [4.78, 5) is 0. The number of methoxy groups -OCH3 is 1. The first-order valence-corrected chi connectivity index (χ1v) is 6.64. The molecule has 0 heterocycles. The molecule has 0 spiro atoms. The summed E-state index contributed by atoms with van der Waals surface area (Å²) < 4.78 is 10.7. The lowest BCUT2D eigenvalue weighted by molar-refractivity contribution is 0.0878. The zero-order valence-corrected chi connectivity index (χ0v) is 11.7. The van der Waals surface area contributed by atoms with E-state index in [9.17, 15) is 0 Å². The summed E-state index contributed by atoms with van der Waals surface area (Å²) in [6.45, 7) is 7.39. The van der Waals surface area contributed by atoms with Crippen molar-refractivity contribution in [1.29, 1.82) is 0 Å². The summed E-state index contributed by atoms with van der Waals surface area (Å²) in [6, 6.07) is 8.90. The summed E-state index contributed by atoms with van der Waals surface area (Å²) in [5, 5.41) is 3.45. The average molecular weight is 251 g/mol.